The maximum absolute atomic E-state index is 5.99. The predicted octanol–water partition coefficient (Wildman–Crippen LogP) is 2.11. The van der Waals surface area contributed by atoms with E-state index in [1.807, 2.05) is 0 Å². The molecule has 18 heavy (non-hydrogen) atoms. The Hall–Kier alpha value is -1.22. The second-order valence-corrected chi connectivity index (χ2v) is 5.69. The molecule has 1 aromatic carbocycles. The van der Waals surface area contributed by atoms with E-state index in [4.69, 9.17) is 5.73 Å². The molecule has 2 aliphatic rings. The molecule has 2 bridgehead atoms. The van der Waals surface area contributed by atoms with Gasteiger partial charge < -0.3 is 10.6 Å². The molecule has 1 aromatic rings. The molecule has 2 unspecified atom stereocenters. The molecule has 2 aliphatic heterocycles. The van der Waals surface area contributed by atoms with Gasteiger partial charge in [0.1, 0.15) is 0 Å². The van der Waals surface area contributed by atoms with Crippen LogP contribution in [0.5, 0.6) is 0 Å². The molecule has 2 saturated heterocycles. The van der Waals surface area contributed by atoms with Crippen molar-refractivity contribution in [2.24, 2.45) is 0 Å². The van der Waals surface area contributed by atoms with Gasteiger partial charge in [-0.25, -0.2) is 0 Å². The van der Waals surface area contributed by atoms with Crippen molar-refractivity contribution in [1.82, 2.24) is 4.90 Å². The van der Waals surface area contributed by atoms with Crippen molar-refractivity contribution < 1.29 is 0 Å². The molecular formula is C15H23N3. The minimum absolute atomic E-state index is 0.742. The van der Waals surface area contributed by atoms with Crippen molar-refractivity contribution in [3.05, 3.63) is 23.8 Å². The highest BCUT2D eigenvalue weighted by atomic mass is 15.3. The van der Waals surface area contributed by atoms with Crippen LogP contribution in [0, 0.1) is 0 Å². The SMILES string of the molecule is CCc1cc(N2CC3CCC(C2)N3C)ccc1N. The van der Waals surface area contributed by atoms with Crippen LogP contribution in [0.25, 0.3) is 0 Å². The van der Waals surface area contributed by atoms with E-state index in [9.17, 15) is 0 Å². The first-order valence-electron chi connectivity index (χ1n) is 7.04. The van der Waals surface area contributed by atoms with Crippen LogP contribution in [0.3, 0.4) is 0 Å². The third kappa shape index (κ3) is 1.87. The standard InChI is InChI=1S/C15H23N3/c1-3-11-8-12(6-7-15(11)16)18-9-13-4-5-14(10-18)17(13)2/h6-8,13-14H,3-5,9-10,16H2,1-2H3. The highest BCUT2D eigenvalue weighted by Gasteiger charge is 2.37. The lowest BCUT2D eigenvalue weighted by Crippen LogP contribution is -2.52. The van der Waals surface area contributed by atoms with Gasteiger partial charge in [-0.3, -0.25) is 4.90 Å². The highest BCUT2D eigenvalue weighted by molar-refractivity contribution is 5.59. The minimum atomic E-state index is 0.742. The van der Waals surface area contributed by atoms with Crippen molar-refractivity contribution >= 4 is 11.4 Å². The normalized spacial score (nSPS) is 27.8. The number of hydrogen-bond donors (Lipinski definition) is 1. The Kier molecular flexibility index (Phi) is 2.94. The average molecular weight is 245 g/mol. The molecule has 3 rings (SSSR count). The van der Waals surface area contributed by atoms with E-state index >= 15 is 0 Å². The van der Waals surface area contributed by atoms with Gasteiger partial charge >= 0.3 is 0 Å². The third-order valence-electron chi connectivity index (χ3n) is 4.72. The monoisotopic (exact) mass is 245 g/mol. The van der Waals surface area contributed by atoms with Crippen molar-refractivity contribution in [1.29, 1.82) is 0 Å². The fraction of sp³-hybridized carbons (Fsp3) is 0.600. The quantitative estimate of drug-likeness (QED) is 0.810. The first kappa shape index (κ1) is 11.8. The number of nitrogens with zero attached hydrogens (tertiary/aromatic N) is 2. The zero-order chi connectivity index (χ0) is 12.7. The molecular weight excluding hydrogens is 222 g/mol. The van der Waals surface area contributed by atoms with Crippen LogP contribution in [0.4, 0.5) is 11.4 Å². The van der Waals surface area contributed by atoms with Gasteiger partial charge in [0, 0.05) is 36.5 Å². The summed E-state index contributed by atoms with van der Waals surface area (Å²) in [7, 11) is 2.28. The van der Waals surface area contributed by atoms with Crippen molar-refractivity contribution in [3.8, 4) is 0 Å². The van der Waals surface area contributed by atoms with Gasteiger partial charge in [-0.05, 0) is 50.1 Å². The average Bonchev–Trinajstić information content (AvgIpc) is 2.62. The number of rotatable bonds is 2. The van der Waals surface area contributed by atoms with Crippen LogP contribution in [-0.4, -0.2) is 37.1 Å². The highest BCUT2D eigenvalue weighted by Crippen LogP contribution is 2.32. The summed E-state index contributed by atoms with van der Waals surface area (Å²) >= 11 is 0. The Labute approximate surface area is 110 Å². The van der Waals surface area contributed by atoms with Gasteiger partial charge in [-0.1, -0.05) is 6.92 Å². The van der Waals surface area contributed by atoms with E-state index in [0.717, 1.165) is 24.2 Å². The molecule has 3 nitrogen and oxygen atoms in total. The molecule has 0 aliphatic carbocycles. The second-order valence-electron chi connectivity index (χ2n) is 5.69. The molecule has 2 atom stereocenters. The Morgan fingerprint density at radius 1 is 1.22 bits per heavy atom. The molecule has 2 fully saturated rings. The molecule has 0 saturated carbocycles. The first-order valence-corrected chi connectivity index (χ1v) is 7.04. The lowest BCUT2D eigenvalue weighted by Gasteiger charge is -2.40. The summed E-state index contributed by atoms with van der Waals surface area (Å²) in [5.74, 6) is 0. The summed E-state index contributed by atoms with van der Waals surface area (Å²) in [6.45, 7) is 4.50. The maximum Gasteiger partial charge on any atom is 0.0371 e. The van der Waals surface area contributed by atoms with Crippen molar-refractivity contribution in [2.45, 2.75) is 38.3 Å². The van der Waals surface area contributed by atoms with Crippen molar-refractivity contribution in [3.63, 3.8) is 0 Å². The van der Waals surface area contributed by atoms with E-state index in [2.05, 4.69) is 42.0 Å². The summed E-state index contributed by atoms with van der Waals surface area (Å²) in [4.78, 5) is 5.11. The Bertz CT molecular complexity index is 429. The van der Waals surface area contributed by atoms with E-state index in [-0.39, 0.29) is 0 Å². The van der Waals surface area contributed by atoms with Gasteiger partial charge in [0.2, 0.25) is 0 Å². The fourth-order valence-electron chi connectivity index (χ4n) is 3.42. The fourth-order valence-corrected chi connectivity index (χ4v) is 3.42. The molecule has 0 radical (unpaired) electrons. The number of aryl methyl sites for hydroxylation is 1. The molecule has 98 valence electrons. The Morgan fingerprint density at radius 2 is 1.89 bits per heavy atom. The number of benzene rings is 1. The Balaban J connectivity index is 1.84. The van der Waals surface area contributed by atoms with Crippen LogP contribution >= 0.6 is 0 Å². The van der Waals surface area contributed by atoms with Crippen LogP contribution < -0.4 is 10.6 Å². The van der Waals surface area contributed by atoms with E-state index in [1.54, 1.807) is 0 Å². The van der Waals surface area contributed by atoms with Crippen LogP contribution in [0.2, 0.25) is 0 Å². The van der Waals surface area contributed by atoms with Crippen LogP contribution in [0.1, 0.15) is 25.3 Å². The molecule has 2 heterocycles. The molecule has 3 heteroatoms. The number of fused-ring (bicyclic) bond motifs is 2. The number of piperazine rings is 1. The van der Waals surface area contributed by atoms with Crippen LogP contribution in [0.15, 0.2) is 18.2 Å². The number of likely N-dealkylation sites (N-methyl/N-ethyl adjacent to an activating group) is 1. The summed E-state index contributed by atoms with van der Waals surface area (Å²) in [5.41, 5.74) is 9.55. The second kappa shape index (κ2) is 4.47. The van der Waals surface area contributed by atoms with Gasteiger partial charge in [0.15, 0.2) is 0 Å². The molecule has 2 N–H and O–H groups in total. The number of nitrogens with two attached hydrogens (primary N) is 1. The smallest absolute Gasteiger partial charge is 0.0371 e. The lowest BCUT2D eigenvalue weighted by atomic mass is 10.1. The number of hydrogen-bond acceptors (Lipinski definition) is 3. The first-order chi connectivity index (χ1) is 8.69. The van der Waals surface area contributed by atoms with Crippen molar-refractivity contribution in [2.75, 3.05) is 30.8 Å². The topological polar surface area (TPSA) is 32.5 Å². The van der Waals surface area contributed by atoms with Crippen LogP contribution in [-0.2, 0) is 6.42 Å². The van der Waals surface area contributed by atoms with Gasteiger partial charge in [0.05, 0.1) is 0 Å². The largest absolute Gasteiger partial charge is 0.399 e. The minimum Gasteiger partial charge on any atom is -0.399 e. The summed E-state index contributed by atoms with van der Waals surface area (Å²) in [6, 6.07) is 8.01. The number of nitrogen functional groups attached to an aromatic ring is 1. The summed E-state index contributed by atoms with van der Waals surface area (Å²) in [5, 5.41) is 0. The third-order valence-corrected chi connectivity index (χ3v) is 4.72. The molecule has 0 spiro atoms. The summed E-state index contributed by atoms with van der Waals surface area (Å²) in [6.07, 6.45) is 3.72. The summed E-state index contributed by atoms with van der Waals surface area (Å²) < 4.78 is 0. The zero-order valence-corrected chi connectivity index (χ0v) is 11.4. The zero-order valence-electron chi connectivity index (χ0n) is 11.4. The number of anilines is 2. The predicted molar refractivity (Wildman–Crippen MR) is 77.0 cm³/mol. The van der Waals surface area contributed by atoms with Gasteiger partial charge in [-0.2, -0.15) is 0 Å². The van der Waals surface area contributed by atoms with E-state index in [0.29, 0.717) is 0 Å². The molecule has 0 amide bonds. The lowest BCUT2D eigenvalue weighted by molar-refractivity contribution is 0.212. The Morgan fingerprint density at radius 3 is 2.50 bits per heavy atom. The van der Waals surface area contributed by atoms with E-state index < -0.39 is 0 Å². The van der Waals surface area contributed by atoms with Gasteiger partial charge in [-0.15, -0.1) is 0 Å². The van der Waals surface area contributed by atoms with E-state index in [1.165, 1.54) is 37.2 Å². The van der Waals surface area contributed by atoms with Gasteiger partial charge in [0.25, 0.3) is 0 Å². The maximum atomic E-state index is 5.99. The molecule has 0 aromatic heterocycles.